The lowest BCUT2D eigenvalue weighted by molar-refractivity contribution is 0.121. The van der Waals surface area contributed by atoms with Gasteiger partial charge in [0.2, 0.25) is 0 Å². The number of hydrogen-bond acceptors (Lipinski definition) is 2. The molecule has 0 saturated carbocycles. The maximum atomic E-state index is 10.1. The molecule has 0 spiro atoms. The largest absolute Gasteiger partial charge is 0.490 e. The molecule has 0 amide bonds. The molecule has 4 unspecified atom stereocenters. The van der Waals surface area contributed by atoms with Crippen molar-refractivity contribution in [3.63, 3.8) is 0 Å². The van der Waals surface area contributed by atoms with E-state index in [4.69, 9.17) is 4.74 Å². The van der Waals surface area contributed by atoms with E-state index in [1.807, 2.05) is 0 Å². The zero-order chi connectivity index (χ0) is 24.8. The Bertz CT molecular complexity index is 1130. The van der Waals surface area contributed by atoms with Crippen LogP contribution in [0.5, 0.6) is 5.75 Å². The Kier molecular flexibility index (Phi) is 8.05. The first-order valence-corrected chi connectivity index (χ1v) is 12.6. The van der Waals surface area contributed by atoms with E-state index in [9.17, 15) is 5.11 Å². The summed E-state index contributed by atoms with van der Waals surface area (Å²) in [6, 6.07) is 36.5. The Labute approximate surface area is 210 Å². The molecule has 2 heteroatoms. The number of aliphatic hydroxyl groups is 1. The molecule has 35 heavy (non-hydrogen) atoms. The Hall–Kier alpha value is -3.36. The maximum Gasteiger partial charge on any atom is 0.127 e. The van der Waals surface area contributed by atoms with Gasteiger partial charge in [0.15, 0.2) is 0 Å². The van der Waals surface area contributed by atoms with Crippen molar-refractivity contribution in [2.75, 3.05) is 6.61 Å². The maximum absolute atomic E-state index is 10.1. The normalized spacial score (nSPS) is 14.7. The molecule has 0 heterocycles. The van der Waals surface area contributed by atoms with E-state index in [-0.39, 0.29) is 24.4 Å². The molecular weight excluding hydrogens is 428 g/mol. The van der Waals surface area contributed by atoms with Crippen molar-refractivity contribution < 1.29 is 9.84 Å². The molecule has 0 radical (unpaired) electrons. The van der Waals surface area contributed by atoms with Crippen molar-refractivity contribution >= 4 is 0 Å². The summed E-state index contributed by atoms with van der Waals surface area (Å²) < 4.78 is 6.41. The van der Waals surface area contributed by atoms with Gasteiger partial charge in [0.25, 0.3) is 0 Å². The van der Waals surface area contributed by atoms with Crippen LogP contribution < -0.4 is 4.74 Å². The molecule has 0 aromatic heterocycles. The lowest BCUT2D eigenvalue weighted by Gasteiger charge is -2.27. The fourth-order valence-electron chi connectivity index (χ4n) is 4.74. The molecule has 0 aliphatic carbocycles. The van der Waals surface area contributed by atoms with Crippen LogP contribution >= 0.6 is 0 Å². The average Bonchev–Trinajstić information content (AvgIpc) is 2.91. The van der Waals surface area contributed by atoms with E-state index in [2.05, 4.69) is 124 Å². The van der Waals surface area contributed by atoms with E-state index >= 15 is 0 Å². The minimum absolute atomic E-state index is 0.143. The minimum Gasteiger partial charge on any atom is -0.490 e. The van der Waals surface area contributed by atoms with E-state index in [0.717, 1.165) is 16.9 Å². The van der Waals surface area contributed by atoms with Crippen molar-refractivity contribution in [3.05, 3.63) is 137 Å². The molecule has 4 atom stereocenters. The highest BCUT2D eigenvalue weighted by atomic mass is 16.5. The molecule has 0 aliphatic heterocycles. The van der Waals surface area contributed by atoms with Gasteiger partial charge in [0, 0.05) is 28.9 Å². The highest BCUT2D eigenvalue weighted by Gasteiger charge is 2.24. The average molecular weight is 465 g/mol. The molecule has 4 aromatic carbocycles. The number of rotatable bonds is 9. The topological polar surface area (TPSA) is 29.5 Å². The standard InChI is InChI=1S/C33H36O2/c1-23(34)22-35-33-31(25(3)28-16-10-6-11-17-28)20-30(24(2)27-14-8-5-9-15-27)21-32(33)26(4)29-18-12-7-13-19-29/h5-21,23-26,34H,22H2,1-4H3. The smallest absolute Gasteiger partial charge is 0.127 e. The lowest BCUT2D eigenvalue weighted by atomic mass is 9.81. The van der Waals surface area contributed by atoms with Crippen LogP contribution in [0, 0.1) is 0 Å². The van der Waals surface area contributed by atoms with Gasteiger partial charge in [-0.1, -0.05) is 124 Å². The van der Waals surface area contributed by atoms with Crippen molar-refractivity contribution in [3.8, 4) is 5.75 Å². The van der Waals surface area contributed by atoms with Crippen molar-refractivity contribution in [1.82, 2.24) is 0 Å². The predicted molar refractivity (Wildman–Crippen MR) is 145 cm³/mol. The first-order valence-electron chi connectivity index (χ1n) is 12.6. The number of hydrogen-bond donors (Lipinski definition) is 1. The van der Waals surface area contributed by atoms with Gasteiger partial charge in [0.1, 0.15) is 12.4 Å². The summed E-state index contributed by atoms with van der Waals surface area (Å²) in [7, 11) is 0. The summed E-state index contributed by atoms with van der Waals surface area (Å²) in [6.07, 6.45) is -0.544. The van der Waals surface area contributed by atoms with Crippen LogP contribution in [0.25, 0.3) is 0 Å². The number of aliphatic hydroxyl groups excluding tert-OH is 1. The highest BCUT2D eigenvalue weighted by molar-refractivity contribution is 5.54. The summed E-state index contributed by atoms with van der Waals surface area (Å²) in [6.45, 7) is 8.79. The molecule has 2 nitrogen and oxygen atoms in total. The summed E-state index contributed by atoms with van der Waals surface area (Å²) in [4.78, 5) is 0. The van der Waals surface area contributed by atoms with Gasteiger partial charge in [-0.05, 0) is 29.2 Å². The van der Waals surface area contributed by atoms with E-state index in [1.165, 1.54) is 22.3 Å². The van der Waals surface area contributed by atoms with Crippen LogP contribution in [-0.2, 0) is 0 Å². The fraction of sp³-hybridized carbons (Fsp3) is 0.273. The van der Waals surface area contributed by atoms with Gasteiger partial charge in [-0.2, -0.15) is 0 Å². The summed E-state index contributed by atoms with van der Waals surface area (Å²) in [5.41, 5.74) is 7.39. The van der Waals surface area contributed by atoms with Crippen LogP contribution in [0.2, 0.25) is 0 Å². The van der Waals surface area contributed by atoms with Gasteiger partial charge >= 0.3 is 0 Å². The van der Waals surface area contributed by atoms with E-state index in [1.54, 1.807) is 6.92 Å². The summed E-state index contributed by atoms with van der Waals surface area (Å²) >= 11 is 0. The molecule has 0 bridgehead atoms. The SMILES string of the molecule is CC(O)COc1c(C(C)c2ccccc2)cc(C(C)c2ccccc2)cc1C(C)c1ccccc1. The third-order valence-corrected chi connectivity index (χ3v) is 6.97. The van der Waals surface area contributed by atoms with Gasteiger partial charge in [-0.15, -0.1) is 0 Å². The van der Waals surface area contributed by atoms with Crippen LogP contribution in [0.4, 0.5) is 0 Å². The molecule has 1 N–H and O–H groups in total. The molecular formula is C33H36O2. The Balaban J connectivity index is 1.91. The third kappa shape index (κ3) is 5.83. The van der Waals surface area contributed by atoms with Gasteiger partial charge in [-0.3, -0.25) is 0 Å². The van der Waals surface area contributed by atoms with Crippen molar-refractivity contribution in [2.24, 2.45) is 0 Å². The molecule has 4 rings (SSSR count). The summed E-state index contributed by atoms with van der Waals surface area (Å²) in [5, 5.41) is 10.1. The molecule has 4 aromatic rings. The van der Waals surface area contributed by atoms with Crippen LogP contribution in [0.1, 0.15) is 78.8 Å². The first-order chi connectivity index (χ1) is 17.0. The number of benzene rings is 4. The van der Waals surface area contributed by atoms with Gasteiger partial charge in [-0.25, -0.2) is 0 Å². The van der Waals surface area contributed by atoms with E-state index < -0.39 is 6.10 Å². The zero-order valence-corrected chi connectivity index (χ0v) is 21.2. The van der Waals surface area contributed by atoms with E-state index in [0.29, 0.717) is 0 Å². The monoisotopic (exact) mass is 464 g/mol. The molecule has 180 valence electrons. The molecule has 0 fully saturated rings. The third-order valence-electron chi connectivity index (χ3n) is 6.97. The lowest BCUT2D eigenvalue weighted by Crippen LogP contribution is -2.17. The zero-order valence-electron chi connectivity index (χ0n) is 21.2. The first kappa shape index (κ1) is 24.8. The highest BCUT2D eigenvalue weighted by Crippen LogP contribution is 2.42. The Morgan fingerprint density at radius 2 is 0.914 bits per heavy atom. The van der Waals surface area contributed by atoms with Crippen molar-refractivity contribution in [2.45, 2.75) is 51.6 Å². The Morgan fingerprint density at radius 1 is 0.543 bits per heavy atom. The van der Waals surface area contributed by atoms with Gasteiger partial charge in [0.05, 0.1) is 6.10 Å². The van der Waals surface area contributed by atoms with Crippen molar-refractivity contribution in [1.29, 1.82) is 0 Å². The molecule has 0 aliphatic rings. The quantitative estimate of drug-likeness (QED) is 0.273. The Morgan fingerprint density at radius 3 is 1.29 bits per heavy atom. The molecule has 0 saturated heterocycles. The number of ether oxygens (including phenoxy) is 1. The second-order valence-corrected chi connectivity index (χ2v) is 9.59. The van der Waals surface area contributed by atoms with Crippen LogP contribution in [0.3, 0.4) is 0 Å². The minimum atomic E-state index is -0.544. The second kappa shape index (κ2) is 11.4. The predicted octanol–water partition coefficient (Wildman–Crippen LogP) is 7.90. The second-order valence-electron chi connectivity index (χ2n) is 9.59. The van der Waals surface area contributed by atoms with Crippen LogP contribution in [-0.4, -0.2) is 17.8 Å². The van der Waals surface area contributed by atoms with Gasteiger partial charge < -0.3 is 9.84 Å². The summed E-state index contributed by atoms with van der Waals surface area (Å²) in [5.74, 6) is 1.42. The fourth-order valence-corrected chi connectivity index (χ4v) is 4.74. The van der Waals surface area contributed by atoms with Crippen LogP contribution in [0.15, 0.2) is 103 Å².